The molecule has 0 atom stereocenters. The van der Waals surface area contributed by atoms with Crippen molar-refractivity contribution in [1.82, 2.24) is 4.98 Å². The van der Waals surface area contributed by atoms with Gasteiger partial charge in [0.15, 0.2) is 9.84 Å². The van der Waals surface area contributed by atoms with Crippen LogP contribution < -0.4 is 5.32 Å². The van der Waals surface area contributed by atoms with Crippen LogP contribution >= 0.6 is 0 Å². The van der Waals surface area contributed by atoms with Gasteiger partial charge in [-0.1, -0.05) is 6.92 Å². The van der Waals surface area contributed by atoms with Crippen LogP contribution in [0.2, 0.25) is 0 Å². The largest absolute Gasteiger partial charge is 0.369 e. The molecule has 78 valence electrons. The van der Waals surface area contributed by atoms with Crippen molar-refractivity contribution in [2.24, 2.45) is 0 Å². The molecule has 0 aromatic carbocycles. The lowest BCUT2D eigenvalue weighted by Gasteiger charge is -2.07. The first-order chi connectivity index (χ1) is 6.55. The zero-order valence-electron chi connectivity index (χ0n) is 8.32. The van der Waals surface area contributed by atoms with Crippen molar-refractivity contribution in [3.63, 3.8) is 0 Å². The highest BCUT2D eigenvalue weighted by molar-refractivity contribution is 7.90. The Hall–Kier alpha value is -1.10. The van der Waals surface area contributed by atoms with Gasteiger partial charge in [0.1, 0.15) is 10.7 Å². The van der Waals surface area contributed by atoms with Gasteiger partial charge in [-0.05, 0) is 18.6 Å². The minimum Gasteiger partial charge on any atom is -0.369 e. The van der Waals surface area contributed by atoms with Crippen LogP contribution in [-0.4, -0.2) is 26.2 Å². The Labute approximate surface area is 84.3 Å². The molecule has 5 heteroatoms. The first-order valence-corrected chi connectivity index (χ1v) is 6.33. The number of nitrogens with one attached hydrogen (secondary N) is 1. The molecule has 4 nitrogen and oxygen atoms in total. The van der Waals surface area contributed by atoms with Gasteiger partial charge in [0.2, 0.25) is 0 Å². The van der Waals surface area contributed by atoms with Gasteiger partial charge in [0.25, 0.3) is 0 Å². The zero-order valence-corrected chi connectivity index (χ0v) is 9.13. The van der Waals surface area contributed by atoms with E-state index in [0.29, 0.717) is 5.82 Å². The first-order valence-electron chi connectivity index (χ1n) is 4.44. The van der Waals surface area contributed by atoms with Crippen LogP contribution in [0.4, 0.5) is 5.82 Å². The molecule has 0 amide bonds. The third-order valence-electron chi connectivity index (χ3n) is 1.71. The van der Waals surface area contributed by atoms with Crippen molar-refractivity contribution < 1.29 is 8.42 Å². The van der Waals surface area contributed by atoms with Gasteiger partial charge in [-0.25, -0.2) is 13.4 Å². The number of pyridine rings is 1. The molecule has 0 radical (unpaired) electrons. The Morgan fingerprint density at radius 2 is 2.21 bits per heavy atom. The average molecular weight is 214 g/mol. The summed E-state index contributed by atoms with van der Waals surface area (Å²) >= 11 is 0. The lowest BCUT2D eigenvalue weighted by Crippen LogP contribution is -2.08. The van der Waals surface area contributed by atoms with Gasteiger partial charge in [0.05, 0.1) is 0 Å². The average Bonchev–Trinajstić information content (AvgIpc) is 2.14. The number of hydrogen-bond donors (Lipinski definition) is 1. The van der Waals surface area contributed by atoms with E-state index in [4.69, 9.17) is 0 Å². The topological polar surface area (TPSA) is 59.1 Å². The van der Waals surface area contributed by atoms with Crippen molar-refractivity contribution in [1.29, 1.82) is 0 Å². The molecule has 0 saturated heterocycles. The highest BCUT2D eigenvalue weighted by Gasteiger charge is 2.12. The van der Waals surface area contributed by atoms with E-state index in [1.165, 1.54) is 6.26 Å². The lowest BCUT2D eigenvalue weighted by atomic mass is 10.4. The summed E-state index contributed by atoms with van der Waals surface area (Å²) in [5, 5.41) is 2.98. The van der Waals surface area contributed by atoms with Crippen molar-refractivity contribution in [3.05, 3.63) is 18.3 Å². The summed E-state index contributed by atoms with van der Waals surface area (Å²) in [5.74, 6) is 0.442. The van der Waals surface area contributed by atoms with Crippen LogP contribution in [-0.2, 0) is 9.84 Å². The summed E-state index contributed by atoms with van der Waals surface area (Å²) < 4.78 is 22.7. The maximum absolute atomic E-state index is 11.3. The molecule has 0 bridgehead atoms. The van der Waals surface area contributed by atoms with Crippen molar-refractivity contribution in [3.8, 4) is 0 Å². The number of sulfone groups is 1. The Morgan fingerprint density at radius 3 is 2.79 bits per heavy atom. The summed E-state index contributed by atoms with van der Waals surface area (Å²) in [7, 11) is -3.19. The van der Waals surface area contributed by atoms with E-state index >= 15 is 0 Å². The van der Waals surface area contributed by atoms with Crippen LogP contribution in [0.15, 0.2) is 23.2 Å². The maximum Gasteiger partial charge on any atom is 0.179 e. The highest BCUT2D eigenvalue weighted by Crippen LogP contribution is 2.17. The molecule has 0 fully saturated rings. The summed E-state index contributed by atoms with van der Waals surface area (Å²) in [6.07, 6.45) is 3.69. The SMILES string of the molecule is CCCNc1ncccc1S(C)(=O)=O. The van der Waals surface area contributed by atoms with Crippen molar-refractivity contribution >= 4 is 15.7 Å². The molecule has 0 aliphatic rings. The molecule has 0 unspecified atom stereocenters. The molecule has 0 saturated carbocycles. The summed E-state index contributed by atoms with van der Waals surface area (Å²) in [5.41, 5.74) is 0. The monoisotopic (exact) mass is 214 g/mol. The van der Waals surface area contributed by atoms with Crippen LogP contribution in [0.3, 0.4) is 0 Å². The number of hydrogen-bond acceptors (Lipinski definition) is 4. The van der Waals surface area contributed by atoms with Gasteiger partial charge in [-0.3, -0.25) is 0 Å². The zero-order chi connectivity index (χ0) is 10.6. The minimum atomic E-state index is -3.19. The smallest absolute Gasteiger partial charge is 0.179 e. The molecule has 1 heterocycles. The summed E-state index contributed by atoms with van der Waals surface area (Å²) in [6, 6.07) is 3.17. The van der Waals surface area contributed by atoms with Crippen LogP contribution in [0, 0.1) is 0 Å². The fourth-order valence-corrected chi connectivity index (χ4v) is 1.87. The summed E-state index contributed by atoms with van der Waals surface area (Å²) in [6.45, 7) is 2.73. The quantitative estimate of drug-likeness (QED) is 0.821. The van der Waals surface area contributed by atoms with Gasteiger partial charge in [-0.15, -0.1) is 0 Å². The summed E-state index contributed by atoms with van der Waals surface area (Å²) in [4.78, 5) is 4.25. The predicted molar refractivity (Wildman–Crippen MR) is 56.1 cm³/mol. The molecule has 1 N–H and O–H groups in total. The van der Waals surface area contributed by atoms with Gasteiger partial charge in [0, 0.05) is 19.0 Å². The second-order valence-electron chi connectivity index (χ2n) is 3.05. The normalized spacial score (nSPS) is 11.3. The molecular formula is C9H14N2O2S. The second kappa shape index (κ2) is 4.41. The molecule has 0 aliphatic heterocycles. The fraction of sp³-hybridized carbons (Fsp3) is 0.444. The van der Waals surface area contributed by atoms with Crippen LogP contribution in [0.5, 0.6) is 0 Å². The van der Waals surface area contributed by atoms with E-state index < -0.39 is 9.84 Å². The molecule has 0 aliphatic carbocycles. The highest BCUT2D eigenvalue weighted by atomic mass is 32.2. The molecule has 14 heavy (non-hydrogen) atoms. The number of rotatable bonds is 4. The standard InChI is InChI=1S/C9H14N2O2S/c1-3-6-10-9-8(14(2,12)13)5-4-7-11-9/h4-5,7H,3,6H2,1-2H3,(H,10,11). The van der Waals surface area contributed by atoms with Gasteiger partial charge in [-0.2, -0.15) is 0 Å². The van der Waals surface area contributed by atoms with Gasteiger partial charge < -0.3 is 5.32 Å². The third kappa shape index (κ3) is 2.70. The Bertz CT molecular complexity index is 401. The van der Waals surface area contributed by atoms with Crippen LogP contribution in [0.25, 0.3) is 0 Å². The Morgan fingerprint density at radius 1 is 1.50 bits per heavy atom. The minimum absolute atomic E-state index is 0.258. The van der Waals surface area contributed by atoms with E-state index in [0.717, 1.165) is 13.0 Å². The third-order valence-corrected chi connectivity index (χ3v) is 2.84. The number of anilines is 1. The Balaban J connectivity index is 3.04. The van der Waals surface area contributed by atoms with E-state index in [2.05, 4.69) is 10.3 Å². The van der Waals surface area contributed by atoms with E-state index in [9.17, 15) is 8.42 Å². The number of aromatic nitrogens is 1. The number of nitrogens with zero attached hydrogens (tertiary/aromatic N) is 1. The van der Waals surface area contributed by atoms with Crippen molar-refractivity contribution in [2.45, 2.75) is 18.2 Å². The van der Waals surface area contributed by atoms with E-state index in [-0.39, 0.29) is 4.90 Å². The molecule has 1 aromatic heterocycles. The second-order valence-corrected chi connectivity index (χ2v) is 5.03. The molecule has 1 aromatic rings. The maximum atomic E-state index is 11.3. The first kappa shape index (κ1) is 11.0. The Kier molecular flexibility index (Phi) is 3.46. The lowest BCUT2D eigenvalue weighted by molar-refractivity contribution is 0.601. The van der Waals surface area contributed by atoms with Crippen molar-refractivity contribution in [2.75, 3.05) is 18.1 Å². The van der Waals surface area contributed by atoms with Crippen LogP contribution in [0.1, 0.15) is 13.3 Å². The molecule has 0 spiro atoms. The fourth-order valence-electron chi connectivity index (χ4n) is 1.07. The van der Waals surface area contributed by atoms with E-state index in [1.54, 1.807) is 18.3 Å². The van der Waals surface area contributed by atoms with E-state index in [1.807, 2.05) is 6.92 Å². The molecular weight excluding hydrogens is 200 g/mol. The molecule has 1 rings (SSSR count). The predicted octanol–water partition coefficient (Wildman–Crippen LogP) is 1.31. The van der Waals surface area contributed by atoms with Gasteiger partial charge >= 0.3 is 0 Å².